The molecule has 3 rings (SSSR count). The van der Waals surface area contributed by atoms with Gasteiger partial charge in [0.1, 0.15) is 0 Å². The molecule has 1 aliphatic heterocycles. The largest absolute Gasteiger partial charge is 0.390 e. The average molecular weight is 265 g/mol. The van der Waals surface area contributed by atoms with Crippen LogP contribution in [0.1, 0.15) is 30.6 Å². The molecule has 1 saturated heterocycles. The number of amides is 1. The summed E-state index contributed by atoms with van der Waals surface area (Å²) in [5, 5.41) is 12.2. The summed E-state index contributed by atoms with van der Waals surface area (Å²) in [7, 11) is 0. The zero-order valence-corrected chi connectivity index (χ0v) is 11.3. The Morgan fingerprint density at radius 1 is 1.56 bits per heavy atom. The number of nitrogens with zero attached hydrogens (tertiary/aromatic N) is 1. The number of likely N-dealkylation sites (tertiary alicyclic amines) is 1. The van der Waals surface area contributed by atoms with Gasteiger partial charge in [0.15, 0.2) is 0 Å². The van der Waals surface area contributed by atoms with Gasteiger partial charge in [-0.15, -0.1) is 11.3 Å². The minimum atomic E-state index is -0.443. The molecule has 0 aromatic carbocycles. The molecule has 0 spiro atoms. The van der Waals surface area contributed by atoms with E-state index in [0.29, 0.717) is 12.3 Å². The molecule has 2 aliphatic rings. The molecule has 2 fully saturated rings. The van der Waals surface area contributed by atoms with Gasteiger partial charge in [-0.25, -0.2) is 0 Å². The molecule has 18 heavy (non-hydrogen) atoms. The third-order valence-electron chi connectivity index (χ3n) is 4.20. The van der Waals surface area contributed by atoms with Crippen LogP contribution < -0.4 is 0 Å². The summed E-state index contributed by atoms with van der Waals surface area (Å²) in [6, 6.07) is 4.00. The molecular formula is C14H19NO2S. The number of hydrogen-bond acceptors (Lipinski definition) is 3. The second kappa shape index (κ2) is 4.67. The Morgan fingerprint density at radius 3 is 3.06 bits per heavy atom. The van der Waals surface area contributed by atoms with E-state index in [1.165, 1.54) is 0 Å². The monoisotopic (exact) mass is 265 g/mol. The van der Waals surface area contributed by atoms with Crippen LogP contribution in [-0.2, 0) is 11.2 Å². The molecule has 3 nitrogen and oxygen atoms in total. The SMILES string of the molecule is O=C(Cc1cccs1)N1CCCC(C2(O)CC2)C1. The predicted molar refractivity (Wildman–Crippen MR) is 71.5 cm³/mol. The standard InChI is InChI=1S/C14H19NO2S/c16-13(9-12-4-2-8-18-12)15-7-1-3-11(10-15)14(17)5-6-14/h2,4,8,11,17H,1,3,5-7,9-10H2. The normalized spacial score (nSPS) is 26.1. The Bertz CT molecular complexity index is 425. The van der Waals surface area contributed by atoms with Crippen LogP contribution in [0, 0.1) is 5.92 Å². The average Bonchev–Trinajstić information content (AvgIpc) is 2.93. The lowest BCUT2D eigenvalue weighted by molar-refractivity contribution is -0.133. The van der Waals surface area contributed by atoms with Gasteiger partial charge in [-0.1, -0.05) is 6.07 Å². The number of aliphatic hydroxyl groups is 1. The lowest BCUT2D eigenvalue weighted by atomic mass is 9.90. The molecule has 1 aromatic heterocycles. The fraction of sp³-hybridized carbons (Fsp3) is 0.643. The first-order valence-corrected chi connectivity index (χ1v) is 7.58. The molecule has 0 radical (unpaired) electrons. The number of piperidine rings is 1. The van der Waals surface area contributed by atoms with Crippen LogP contribution >= 0.6 is 11.3 Å². The van der Waals surface area contributed by atoms with Gasteiger partial charge in [-0.2, -0.15) is 0 Å². The van der Waals surface area contributed by atoms with Crippen molar-refractivity contribution in [2.24, 2.45) is 5.92 Å². The maximum atomic E-state index is 12.2. The highest BCUT2D eigenvalue weighted by molar-refractivity contribution is 7.10. The first-order chi connectivity index (χ1) is 8.67. The van der Waals surface area contributed by atoms with Crippen LogP contribution in [0.25, 0.3) is 0 Å². The van der Waals surface area contributed by atoms with Gasteiger partial charge in [0.05, 0.1) is 12.0 Å². The predicted octanol–water partition coefficient (Wildman–Crippen LogP) is 2.05. The summed E-state index contributed by atoms with van der Waals surface area (Å²) in [6.07, 6.45) is 4.46. The van der Waals surface area contributed by atoms with Crippen molar-refractivity contribution in [2.75, 3.05) is 13.1 Å². The molecule has 1 aromatic rings. The van der Waals surface area contributed by atoms with Gasteiger partial charge in [0.2, 0.25) is 5.91 Å². The molecule has 1 saturated carbocycles. The molecule has 1 amide bonds. The second-order valence-corrected chi connectivity index (χ2v) is 6.57. The maximum absolute atomic E-state index is 12.2. The van der Waals surface area contributed by atoms with Gasteiger partial charge in [0, 0.05) is 23.9 Å². The number of thiophene rings is 1. The van der Waals surface area contributed by atoms with Crippen molar-refractivity contribution in [3.05, 3.63) is 22.4 Å². The molecule has 0 bridgehead atoms. The van der Waals surface area contributed by atoms with E-state index in [9.17, 15) is 9.90 Å². The third kappa shape index (κ3) is 2.45. The van der Waals surface area contributed by atoms with Crippen LogP contribution in [0.4, 0.5) is 0 Å². The maximum Gasteiger partial charge on any atom is 0.227 e. The Kier molecular flexibility index (Phi) is 3.16. The van der Waals surface area contributed by atoms with Crippen molar-refractivity contribution < 1.29 is 9.90 Å². The second-order valence-electron chi connectivity index (χ2n) is 5.54. The highest BCUT2D eigenvalue weighted by Crippen LogP contribution is 2.45. The van der Waals surface area contributed by atoms with Gasteiger partial charge >= 0.3 is 0 Å². The fourth-order valence-corrected chi connectivity index (χ4v) is 3.55. The van der Waals surface area contributed by atoms with E-state index in [-0.39, 0.29) is 5.91 Å². The van der Waals surface area contributed by atoms with E-state index >= 15 is 0 Å². The summed E-state index contributed by atoms with van der Waals surface area (Å²) >= 11 is 1.64. The minimum absolute atomic E-state index is 0.214. The van der Waals surface area contributed by atoms with Crippen LogP contribution in [-0.4, -0.2) is 34.6 Å². The number of hydrogen-bond donors (Lipinski definition) is 1. The fourth-order valence-electron chi connectivity index (χ4n) is 2.85. The highest BCUT2D eigenvalue weighted by atomic mass is 32.1. The minimum Gasteiger partial charge on any atom is -0.390 e. The zero-order chi connectivity index (χ0) is 12.6. The molecule has 4 heteroatoms. The first kappa shape index (κ1) is 12.2. The first-order valence-electron chi connectivity index (χ1n) is 6.70. The summed E-state index contributed by atoms with van der Waals surface area (Å²) in [5.41, 5.74) is -0.443. The molecule has 1 unspecified atom stereocenters. The van der Waals surface area contributed by atoms with E-state index in [0.717, 1.165) is 43.6 Å². The van der Waals surface area contributed by atoms with E-state index in [1.54, 1.807) is 11.3 Å². The Hall–Kier alpha value is -0.870. The van der Waals surface area contributed by atoms with Crippen LogP contribution in [0.15, 0.2) is 17.5 Å². The van der Waals surface area contributed by atoms with Crippen molar-refractivity contribution in [1.82, 2.24) is 4.90 Å². The zero-order valence-electron chi connectivity index (χ0n) is 10.5. The number of carbonyl (C=O) groups excluding carboxylic acids is 1. The smallest absolute Gasteiger partial charge is 0.227 e. The van der Waals surface area contributed by atoms with E-state index in [2.05, 4.69) is 0 Å². The molecule has 98 valence electrons. The lowest BCUT2D eigenvalue weighted by Gasteiger charge is -2.35. The Morgan fingerprint density at radius 2 is 2.39 bits per heavy atom. The van der Waals surface area contributed by atoms with Gasteiger partial charge in [-0.05, 0) is 37.1 Å². The van der Waals surface area contributed by atoms with Gasteiger partial charge in [-0.3, -0.25) is 4.79 Å². The van der Waals surface area contributed by atoms with Crippen molar-refractivity contribution in [3.63, 3.8) is 0 Å². The molecule has 1 atom stereocenters. The van der Waals surface area contributed by atoms with Gasteiger partial charge in [0.25, 0.3) is 0 Å². The van der Waals surface area contributed by atoms with Crippen LogP contribution in [0.5, 0.6) is 0 Å². The number of rotatable bonds is 3. The van der Waals surface area contributed by atoms with Crippen LogP contribution in [0.3, 0.4) is 0 Å². The molecule has 1 N–H and O–H groups in total. The van der Waals surface area contributed by atoms with Gasteiger partial charge < -0.3 is 10.0 Å². The molecular weight excluding hydrogens is 246 g/mol. The van der Waals surface area contributed by atoms with Crippen molar-refractivity contribution in [3.8, 4) is 0 Å². The highest BCUT2D eigenvalue weighted by Gasteiger charge is 2.48. The summed E-state index contributed by atoms with van der Waals surface area (Å²) in [4.78, 5) is 15.3. The summed E-state index contributed by atoms with van der Waals surface area (Å²) in [5.74, 6) is 0.518. The lowest BCUT2D eigenvalue weighted by Crippen LogP contribution is -2.44. The Balaban J connectivity index is 1.60. The van der Waals surface area contributed by atoms with E-state index < -0.39 is 5.60 Å². The summed E-state index contributed by atoms with van der Waals surface area (Å²) in [6.45, 7) is 1.61. The molecule has 2 heterocycles. The van der Waals surface area contributed by atoms with E-state index in [4.69, 9.17) is 0 Å². The van der Waals surface area contributed by atoms with Crippen molar-refractivity contribution >= 4 is 17.2 Å². The van der Waals surface area contributed by atoms with E-state index in [1.807, 2.05) is 22.4 Å². The number of carbonyl (C=O) groups is 1. The molecule has 1 aliphatic carbocycles. The third-order valence-corrected chi connectivity index (χ3v) is 5.08. The van der Waals surface area contributed by atoms with Crippen molar-refractivity contribution in [2.45, 2.75) is 37.7 Å². The topological polar surface area (TPSA) is 40.5 Å². The quantitative estimate of drug-likeness (QED) is 0.908. The van der Waals surface area contributed by atoms with Crippen molar-refractivity contribution in [1.29, 1.82) is 0 Å². The summed E-state index contributed by atoms with van der Waals surface area (Å²) < 4.78 is 0. The Labute approximate surface area is 111 Å². The van der Waals surface area contributed by atoms with Crippen LogP contribution in [0.2, 0.25) is 0 Å².